The van der Waals surface area contributed by atoms with Gasteiger partial charge in [0.1, 0.15) is 0 Å². The zero-order valence-electron chi connectivity index (χ0n) is 13.9. The molecule has 6 heteroatoms. The molecule has 0 aromatic heterocycles. The summed E-state index contributed by atoms with van der Waals surface area (Å²) in [6, 6.07) is 16.5. The van der Waals surface area contributed by atoms with Gasteiger partial charge in [-0.25, -0.2) is 0 Å². The minimum absolute atomic E-state index is 0.253. The maximum absolute atomic E-state index is 12.5. The predicted molar refractivity (Wildman–Crippen MR) is 92.3 cm³/mol. The number of nitrogens with one attached hydrogen (secondary N) is 1. The number of rotatable bonds is 7. The van der Waals surface area contributed by atoms with Crippen LogP contribution < -0.4 is 5.32 Å². The molecule has 2 rings (SSSR count). The van der Waals surface area contributed by atoms with Gasteiger partial charge in [-0.05, 0) is 23.6 Å². The highest BCUT2D eigenvalue weighted by atomic mass is 19.4. The fourth-order valence-corrected chi connectivity index (χ4v) is 2.39. The van der Waals surface area contributed by atoms with E-state index in [4.69, 9.17) is 0 Å². The van der Waals surface area contributed by atoms with Gasteiger partial charge >= 0.3 is 12.1 Å². The first-order valence-electron chi connectivity index (χ1n) is 8.02. The molecule has 1 atom stereocenters. The third kappa shape index (κ3) is 6.20. The van der Waals surface area contributed by atoms with Crippen LogP contribution in [0.2, 0.25) is 0 Å². The van der Waals surface area contributed by atoms with Crippen LogP contribution in [0.3, 0.4) is 0 Å². The van der Waals surface area contributed by atoms with Gasteiger partial charge in [-0.15, -0.1) is 0 Å². The number of amides is 1. The van der Waals surface area contributed by atoms with Crippen molar-refractivity contribution in [3.63, 3.8) is 0 Å². The van der Waals surface area contributed by atoms with E-state index in [2.05, 4.69) is 0 Å². The van der Waals surface area contributed by atoms with Gasteiger partial charge in [-0.3, -0.25) is 9.59 Å². The lowest BCUT2D eigenvalue weighted by molar-refractivity contribution is -0.174. The van der Waals surface area contributed by atoms with Gasteiger partial charge in [0.2, 0.25) is 0 Å². The number of hydrogen-bond donors (Lipinski definition) is 1. The van der Waals surface area contributed by atoms with E-state index in [0.29, 0.717) is 12.0 Å². The summed E-state index contributed by atoms with van der Waals surface area (Å²) in [5, 5.41) is 1.89. The van der Waals surface area contributed by atoms with Crippen molar-refractivity contribution < 1.29 is 22.8 Å². The standard InChI is InChI=1S/C20H18F3NO2/c21-20(22,23)19(26)24-18(16-11-5-2-6-12-16)14-17(25)13-7-10-15-8-3-1-4-9-15/h1-9,11-13,18H,10,14H2,(H,24,26). The first-order valence-corrected chi connectivity index (χ1v) is 8.02. The second kappa shape index (κ2) is 8.99. The highest BCUT2D eigenvalue weighted by molar-refractivity contribution is 5.91. The Morgan fingerprint density at radius 3 is 2.12 bits per heavy atom. The Hall–Kier alpha value is -2.89. The number of carbonyl (C=O) groups is 2. The van der Waals surface area contributed by atoms with Crippen molar-refractivity contribution in [2.75, 3.05) is 0 Å². The summed E-state index contributed by atoms with van der Waals surface area (Å²) in [6.45, 7) is 0. The van der Waals surface area contributed by atoms with Crippen LogP contribution in [-0.2, 0) is 16.0 Å². The van der Waals surface area contributed by atoms with E-state index in [0.717, 1.165) is 5.56 Å². The van der Waals surface area contributed by atoms with Crippen molar-refractivity contribution in [1.29, 1.82) is 0 Å². The molecule has 2 aromatic carbocycles. The van der Waals surface area contributed by atoms with Gasteiger partial charge in [-0.2, -0.15) is 13.2 Å². The molecule has 0 fully saturated rings. The second-order valence-corrected chi connectivity index (χ2v) is 5.70. The SMILES string of the molecule is O=C(C=CCc1ccccc1)CC(NC(=O)C(F)(F)F)c1ccccc1. The first-order chi connectivity index (χ1) is 12.4. The summed E-state index contributed by atoms with van der Waals surface area (Å²) in [5.74, 6) is -2.43. The Labute approximate surface area is 149 Å². The van der Waals surface area contributed by atoms with Crippen LogP contribution in [0.15, 0.2) is 72.8 Å². The summed E-state index contributed by atoms with van der Waals surface area (Å²) in [7, 11) is 0. The van der Waals surface area contributed by atoms with Gasteiger partial charge in [0.05, 0.1) is 6.04 Å². The number of ketones is 1. The molecule has 26 heavy (non-hydrogen) atoms. The maximum atomic E-state index is 12.5. The molecular formula is C20H18F3NO2. The van der Waals surface area contributed by atoms with Crippen molar-refractivity contribution in [3.8, 4) is 0 Å². The Kier molecular flexibility index (Phi) is 6.72. The topological polar surface area (TPSA) is 46.2 Å². The minimum atomic E-state index is -5.00. The van der Waals surface area contributed by atoms with E-state index in [1.54, 1.807) is 36.4 Å². The normalized spacial score (nSPS) is 12.7. The summed E-state index contributed by atoms with van der Waals surface area (Å²) in [5.41, 5.74) is 1.46. The molecule has 0 saturated heterocycles. The average molecular weight is 361 g/mol. The zero-order valence-corrected chi connectivity index (χ0v) is 13.9. The smallest absolute Gasteiger partial charge is 0.341 e. The fourth-order valence-electron chi connectivity index (χ4n) is 2.39. The van der Waals surface area contributed by atoms with Crippen LogP contribution in [0, 0.1) is 0 Å². The maximum Gasteiger partial charge on any atom is 0.471 e. The number of halogens is 3. The van der Waals surface area contributed by atoms with E-state index >= 15 is 0 Å². The average Bonchev–Trinajstić information content (AvgIpc) is 2.62. The largest absolute Gasteiger partial charge is 0.471 e. The Morgan fingerprint density at radius 2 is 1.54 bits per heavy atom. The molecule has 2 aromatic rings. The van der Waals surface area contributed by atoms with Crippen molar-refractivity contribution in [1.82, 2.24) is 5.32 Å². The van der Waals surface area contributed by atoms with E-state index in [1.807, 2.05) is 35.6 Å². The van der Waals surface area contributed by atoms with Crippen molar-refractivity contribution in [2.45, 2.75) is 25.1 Å². The molecule has 0 aliphatic carbocycles. The monoisotopic (exact) mass is 361 g/mol. The number of hydrogen-bond acceptors (Lipinski definition) is 2. The van der Waals surface area contributed by atoms with Crippen molar-refractivity contribution in [3.05, 3.63) is 83.9 Å². The third-order valence-electron chi connectivity index (χ3n) is 3.67. The first kappa shape index (κ1) is 19.4. The molecule has 0 heterocycles. The quantitative estimate of drug-likeness (QED) is 0.753. The molecular weight excluding hydrogens is 343 g/mol. The van der Waals surface area contributed by atoms with Crippen molar-refractivity contribution >= 4 is 11.7 Å². The van der Waals surface area contributed by atoms with Gasteiger partial charge in [0, 0.05) is 6.42 Å². The van der Waals surface area contributed by atoms with Gasteiger partial charge < -0.3 is 5.32 Å². The van der Waals surface area contributed by atoms with Crippen LogP contribution in [0.4, 0.5) is 13.2 Å². The molecule has 0 spiro atoms. The molecule has 136 valence electrons. The van der Waals surface area contributed by atoms with Crippen LogP contribution in [0.1, 0.15) is 23.6 Å². The second-order valence-electron chi connectivity index (χ2n) is 5.70. The Balaban J connectivity index is 2.03. The van der Waals surface area contributed by atoms with Gasteiger partial charge in [0.15, 0.2) is 5.78 Å². The number of alkyl halides is 3. The lowest BCUT2D eigenvalue weighted by Gasteiger charge is -2.19. The van der Waals surface area contributed by atoms with Crippen LogP contribution in [-0.4, -0.2) is 17.9 Å². The highest BCUT2D eigenvalue weighted by Gasteiger charge is 2.40. The highest BCUT2D eigenvalue weighted by Crippen LogP contribution is 2.21. The van der Waals surface area contributed by atoms with Gasteiger partial charge in [0.25, 0.3) is 0 Å². The molecule has 1 unspecified atom stereocenters. The molecule has 3 nitrogen and oxygen atoms in total. The Morgan fingerprint density at radius 1 is 0.962 bits per heavy atom. The number of allylic oxidation sites excluding steroid dienone is 2. The molecule has 1 N–H and O–H groups in total. The number of carbonyl (C=O) groups excluding carboxylic acids is 2. The lowest BCUT2D eigenvalue weighted by Crippen LogP contribution is -2.39. The van der Waals surface area contributed by atoms with E-state index in [-0.39, 0.29) is 12.2 Å². The summed E-state index contributed by atoms with van der Waals surface area (Å²) >= 11 is 0. The van der Waals surface area contributed by atoms with E-state index in [9.17, 15) is 22.8 Å². The van der Waals surface area contributed by atoms with Crippen molar-refractivity contribution in [2.24, 2.45) is 0 Å². The van der Waals surface area contributed by atoms with E-state index < -0.39 is 18.1 Å². The molecule has 0 aliphatic rings. The molecule has 0 bridgehead atoms. The molecule has 0 aliphatic heterocycles. The van der Waals surface area contributed by atoms with Crippen LogP contribution in [0.25, 0.3) is 0 Å². The Bertz CT molecular complexity index is 756. The zero-order chi connectivity index (χ0) is 19.0. The third-order valence-corrected chi connectivity index (χ3v) is 3.67. The minimum Gasteiger partial charge on any atom is -0.341 e. The summed E-state index contributed by atoms with van der Waals surface area (Å²) in [4.78, 5) is 23.4. The van der Waals surface area contributed by atoms with Crippen LogP contribution in [0.5, 0.6) is 0 Å². The summed E-state index contributed by atoms with van der Waals surface area (Å²) < 4.78 is 37.6. The lowest BCUT2D eigenvalue weighted by atomic mass is 10.0. The molecule has 0 radical (unpaired) electrons. The molecule has 0 saturated carbocycles. The van der Waals surface area contributed by atoms with E-state index in [1.165, 1.54) is 6.08 Å². The van der Waals surface area contributed by atoms with Gasteiger partial charge in [-0.1, -0.05) is 66.7 Å². The summed E-state index contributed by atoms with van der Waals surface area (Å²) in [6.07, 6.45) is -1.72. The fraction of sp³-hybridized carbons (Fsp3) is 0.200. The number of benzene rings is 2. The molecule has 1 amide bonds. The predicted octanol–water partition coefficient (Wildman–Crippen LogP) is 4.16. The van der Waals surface area contributed by atoms with Crippen LogP contribution >= 0.6 is 0 Å².